The van der Waals surface area contributed by atoms with E-state index in [4.69, 9.17) is 4.74 Å². The Balaban J connectivity index is 1.55. The van der Waals surface area contributed by atoms with Crippen molar-refractivity contribution in [2.24, 2.45) is 5.92 Å². The number of rotatable bonds is 5. The zero-order chi connectivity index (χ0) is 16.8. The van der Waals surface area contributed by atoms with E-state index in [2.05, 4.69) is 17.1 Å². The molecule has 1 atom stereocenters. The van der Waals surface area contributed by atoms with E-state index in [0.29, 0.717) is 12.1 Å². The second kappa shape index (κ2) is 9.19. The summed E-state index contributed by atoms with van der Waals surface area (Å²) in [6.45, 7) is 3.65. The molecule has 24 heavy (non-hydrogen) atoms. The van der Waals surface area contributed by atoms with Crippen molar-refractivity contribution < 1.29 is 9.53 Å². The average molecular weight is 337 g/mol. The maximum atomic E-state index is 13.0. The summed E-state index contributed by atoms with van der Waals surface area (Å²) in [5.74, 6) is 1.05. The average Bonchev–Trinajstić information content (AvgIpc) is 2.63. The van der Waals surface area contributed by atoms with E-state index in [1.165, 1.54) is 57.8 Å². The van der Waals surface area contributed by atoms with Crippen LogP contribution < -0.4 is 5.32 Å². The third-order valence-electron chi connectivity index (χ3n) is 6.28. The van der Waals surface area contributed by atoms with Gasteiger partial charge < -0.3 is 9.64 Å². The second-order valence-corrected chi connectivity index (χ2v) is 8.25. The highest BCUT2D eigenvalue weighted by Gasteiger charge is 2.32. The van der Waals surface area contributed by atoms with Crippen molar-refractivity contribution >= 4 is 5.91 Å². The Morgan fingerprint density at radius 1 is 0.958 bits per heavy atom. The van der Waals surface area contributed by atoms with Crippen molar-refractivity contribution in [3.05, 3.63) is 0 Å². The van der Waals surface area contributed by atoms with Gasteiger partial charge in [0.05, 0.1) is 12.3 Å². The monoisotopic (exact) mass is 336 g/mol. The van der Waals surface area contributed by atoms with Crippen molar-refractivity contribution in [3.8, 4) is 0 Å². The molecule has 3 rings (SSSR count). The van der Waals surface area contributed by atoms with Gasteiger partial charge in [-0.15, -0.1) is 0 Å². The molecule has 4 nitrogen and oxygen atoms in total. The molecule has 3 aliphatic rings. The summed E-state index contributed by atoms with van der Waals surface area (Å²) in [6.07, 6.45) is 15.1. The molecule has 0 radical (unpaired) electrons. The van der Waals surface area contributed by atoms with Crippen LogP contribution >= 0.6 is 0 Å². The molecule has 4 heteroatoms. The number of nitrogens with zero attached hydrogens (tertiary/aromatic N) is 1. The summed E-state index contributed by atoms with van der Waals surface area (Å²) in [7, 11) is 0. The van der Waals surface area contributed by atoms with Crippen molar-refractivity contribution in [1.29, 1.82) is 0 Å². The van der Waals surface area contributed by atoms with Gasteiger partial charge in [-0.25, -0.2) is 0 Å². The summed E-state index contributed by atoms with van der Waals surface area (Å²) in [5.41, 5.74) is 0. The fourth-order valence-electron chi connectivity index (χ4n) is 4.72. The first-order valence-electron chi connectivity index (χ1n) is 10.4. The van der Waals surface area contributed by atoms with Crippen molar-refractivity contribution in [2.45, 2.75) is 102 Å². The number of hydrogen-bond acceptors (Lipinski definition) is 3. The number of amides is 1. The lowest BCUT2D eigenvalue weighted by Gasteiger charge is -2.42. The molecule has 0 aromatic heterocycles. The van der Waals surface area contributed by atoms with Crippen molar-refractivity contribution in [2.75, 3.05) is 13.2 Å². The molecule has 0 aromatic rings. The van der Waals surface area contributed by atoms with Crippen LogP contribution in [0.2, 0.25) is 0 Å². The van der Waals surface area contributed by atoms with Crippen molar-refractivity contribution in [3.63, 3.8) is 0 Å². The maximum absolute atomic E-state index is 13.0. The first-order chi connectivity index (χ1) is 11.7. The second-order valence-electron chi connectivity index (χ2n) is 8.25. The van der Waals surface area contributed by atoms with E-state index < -0.39 is 0 Å². The Hall–Kier alpha value is -0.610. The van der Waals surface area contributed by atoms with Gasteiger partial charge in [0.1, 0.15) is 6.61 Å². The van der Waals surface area contributed by atoms with Crippen LogP contribution in [0.5, 0.6) is 0 Å². The summed E-state index contributed by atoms with van der Waals surface area (Å²) < 4.78 is 6.04. The fourth-order valence-corrected chi connectivity index (χ4v) is 4.72. The third kappa shape index (κ3) is 4.95. The molecule has 1 heterocycles. The van der Waals surface area contributed by atoms with Crippen molar-refractivity contribution in [1.82, 2.24) is 10.2 Å². The van der Waals surface area contributed by atoms with Gasteiger partial charge in [0.25, 0.3) is 0 Å². The molecule has 0 aromatic carbocycles. The number of nitrogens with one attached hydrogen (secondary N) is 1. The smallest absolute Gasteiger partial charge is 0.250 e. The summed E-state index contributed by atoms with van der Waals surface area (Å²) in [5, 5.41) is 3.59. The third-order valence-corrected chi connectivity index (χ3v) is 6.28. The number of piperidine rings is 1. The van der Waals surface area contributed by atoms with Crippen LogP contribution in [-0.2, 0) is 9.53 Å². The molecule has 1 unspecified atom stereocenters. The highest BCUT2D eigenvalue weighted by molar-refractivity contribution is 5.78. The minimum absolute atomic E-state index is 0.222. The molecule has 1 saturated heterocycles. The Morgan fingerprint density at radius 2 is 1.67 bits per heavy atom. The van der Waals surface area contributed by atoms with Gasteiger partial charge in [0.2, 0.25) is 5.91 Å². The van der Waals surface area contributed by atoms with Crippen LogP contribution in [0.3, 0.4) is 0 Å². The molecule has 0 bridgehead atoms. The summed E-state index contributed by atoms with van der Waals surface area (Å²) in [6, 6.07) is 0.428. The zero-order valence-electron chi connectivity index (χ0n) is 15.5. The lowest BCUT2D eigenvalue weighted by Crippen LogP contribution is -2.56. The van der Waals surface area contributed by atoms with E-state index in [9.17, 15) is 4.79 Å². The quantitative estimate of drug-likeness (QED) is 0.829. The van der Waals surface area contributed by atoms with Crippen LogP contribution in [0.15, 0.2) is 0 Å². The zero-order valence-corrected chi connectivity index (χ0v) is 15.5. The first kappa shape index (κ1) is 18.2. The minimum atomic E-state index is 0.222. The lowest BCUT2D eigenvalue weighted by atomic mass is 9.89. The number of hydrogen-bond donors (Lipinski definition) is 1. The molecule has 1 aliphatic heterocycles. The molecule has 1 N–H and O–H groups in total. The highest BCUT2D eigenvalue weighted by Crippen LogP contribution is 2.28. The van der Waals surface area contributed by atoms with Crippen LogP contribution in [0.4, 0.5) is 0 Å². The fraction of sp³-hybridized carbons (Fsp3) is 0.950. The standard InChI is InChI=1S/C20H36N2O2/c1-16-10-12-18(13-11-16)24-15-20(23)22(17-7-3-2-4-8-17)19-9-5-6-14-21-19/h16-19,21H,2-15H2,1H3. The predicted octanol–water partition coefficient (Wildman–Crippen LogP) is 3.84. The van der Waals surface area contributed by atoms with Crippen LogP contribution in [0, 0.1) is 5.92 Å². The molecule has 0 spiro atoms. The van der Waals surface area contributed by atoms with E-state index in [-0.39, 0.29) is 18.7 Å². The first-order valence-corrected chi connectivity index (χ1v) is 10.4. The molecular weight excluding hydrogens is 300 g/mol. The Labute approximate surface area is 147 Å². The SMILES string of the molecule is CC1CCC(OCC(=O)N(C2CCCCC2)C2CCCCN2)CC1. The van der Waals surface area contributed by atoms with Crippen LogP contribution in [-0.4, -0.2) is 42.3 Å². The van der Waals surface area contributed by atoms with E-state index >= 15 is 0 Å². The van der Waals surface area contributed by atoms with E-state index in [0.717, 1.165) is 31.7 Å². The molecule has 1 amide bonds. The Kier molecular flexibility index (Phi) is 6.96. The lowest BCUT2D eigenvalue weighted by molar-refractivity contribution is -0.146. The van der Waals surface area contributed by atoms with Gasteiger partial charge in [0.15, 0.2) is 0 Å². The molecular formula is C20H36N2O2. The molecule has 138 valence electrons. The summed E-state index contributed by atoms with van der Waals surface area (Å²) >= 11 is 0. The normalized spacial score (nSPS) is 32.5. The van der Waals surface area contributed by atoms with Gasteiger partial charge in [-0.05, 0) is 70.3 Å². The van der Waals surface area contributed by atoms with Crippen LogP contribution in [0.1, 0.15) is 84.0 Å². The van der Waals surface area contributed by atoms with Gasteiger partial charge in [0, 0.05) is 6.04 Å². The minimum Gasteiger partial charge on any atom is -0.368 e. The number of carbonyl (C=O) groups excluding carboxylic acids is 1. The Morgan fingerprint density at radius 3 is 2.33 bits per heavy atom. The molecule has 2 aliphatic carbocycles. The molecule has 3 fully saturated rings. The van der Waals surface area contributed by atoms with Gasteiger partial charge >= 0.3 is 0 Å². The number of ether oxygens (including phenoxy) is 1. The number of carbonyl (C=O) groups is 1. The Bertz CT molecular complexity index is 363. The van der Waals surface area contributed by atoms with Gasteiger partial charge in [-0.3, -0.25) is 10.1 Å². The predicted molar refractivity (Wildman–Crippen MR) is 96.7 cm³/mol. The maximum Gasteiger partial charge on any atom is 0.250 e. The van der Waals surface area contributed by atoms with E-state index in [1.807, 2.05) is 0 Å². The van der Waals surface area contributed by atoms with Gasteiger partial charge in [-0.1, -0.05) is 26.2 Å². The summed E-state index contributed by atoms with van der Waals surface area (Å²) in [4.78, 5) is 15.2. The van der Waals surface area contributed by atoms with E-state index in [1.54, 1.807) is 0 Å². The van der Waals surface area contributed by atoms with Gasteiger partial charge in [-0.2, -0.15) is 0 Å². The van der Waals surface area contributed by atoms with Crippen LogP contribution in [0.25, 0.3) is 0 Å². The molecule has 2 saturated carbocycles. The highest BCUT2D eigenvalue weighted by atomic mass is 16.5. The largest absolute Gasteiger partial charge is 0.368 e. The topological polar surface area (TPSA) is 41.6 Å².